The molecule has 0 aromatic rings. The molecule has 0 aliphatic carbocycles. The highest BCUT2D eigenvalue weighted by atomic mass is 32.2. The van der Waals surface area contributed by atoms with Crippen LogP contribution in [0.2, 0.25) is 0 Å². The first-order valence-electron chi connectivity index (χ1n) is 11.3. The Balaban J connectivity index is 4.50. The highest BCUT2D eigenvalue weighted by molar-refractivity contribution is 7.99. The van der Waals surface area contributed by atoms with Gasteiger partial charge in [-0.15, -0.1) is 0 Å². The highest BCUT2D eigenvalue weighted by Crippen LogP contribution is 2.13. The Morgan fingerprint density at radius 3 is 1.94 bits per heavy atom. The summed E-state index contributed by atoms with van der Waals surface area (Å²) in [5, 5.41) is 14.6. The number of carbonyl (C=O) groups excluding carboxylic acids is 2. The first-order valence-corrected chi connectivity index (χ1v) is 12.4. The van der Waals surface area contributed by atoms with Crippen LogP contribution in [0.4, 0.5) is 0 Å². The van der Waals surface area contributed by atoms with Crippen LogP contribution in [-0.2, 0) is 14.4 Å². The number of carboxylic acid groups (broad SMARTS) is 1. The minimum Gasteiger partial charge on any atom is -0.480 e. The Bertz CT molecular complexity index is 707. The summed E-state index contributed by atoms with van der Waals surface area (Å²) in [6, 6.07) is -1.75. The third-order valence-corrected chi connectivity index (χ3v) is 5.85. The van der Waals surface area contributed by atoms with Gasteiger partial charge in [-0.2, -0.15) is 11.8 Å². The number of allylic oxidation sites excluding steroid dienone is 5. The number of hydrogen-bond acceptors (Lipinski definition) is 4. The topological polar surface area (TPSA) is 95.5 Å². The molecule has 3 N–H and O–H groups in total. The second kappa shape index (κ2) is 16.6. The quantitative estimate of drug-likeness (QED) is 0.236. The average Bonchev–Trinajstić information content (AvgIpc) is 2.67. The van der Waals surface area contributed by atoms with Crippen molar-refractivity contribution in [2.24, 2.45) is 5.92 Å². The largest absolute Gasteiger partial charge is 0.480 e. The maximum atomic E-state index is 12.4. The van der Waals surface area contributed by atoms with Crippen molar-refractivity contribution in [3.05, 3.63) is 34.9 Å². The van der Waals surface area contributed by atoms with E-state index in [1.165, 1.54) is 35.4 Å². The van der Waals surface area contributed by atoms with Gasteiger partial charge in [-0.1, -0.05) is 48.8 Å². The van der Waals surface area contributed by atoms with Crippen molar-refractivity contribution in [2.75, 3.05) is 11.5 Å². The van der Waals surface area contributed by atoms with Crippen LogP contribution in [0.25, 0.3) is 0 Å². The lowest BCUT2D eigenvalue weighted by Crippen LogP contribution is -2.54. The van der Waals surface area contributed by atoms with Gasteiger partial charge in [0.2, 0.25) is 11.8 Å². The summed E-state index contributed by atoms with van der Waals surface area (Å²) in [6.45, 7) is 13.4. The van der Waals surface area contributed by atoms with E-state index in [4.69, 9.17) is 0 Å². The van der Waals surface area contributed by atoms with E-state index in [2.05, 4.69) is 56.6 Å². The Morgan fingerprint density at radius 2 is 1.44 bits per heavy atom. The fourth-order valence-electron chi connectivity index (χ4n) is 2.92. The molecule has 0 radical (unpaired) electrons. The Kier molecular flexibility index (Phi) is 15.5. The minimum absolute atomic E-state index is 0.142. The molecule has 7 heteroatoms. The van der Waals surface area contributed by atoms with Crippen molar-refractivity contribution in [3.8, 4) is 0 Å². The van der Waals surface area contributed by atoms with Crippen molar-refractivity contribution in [2.45, 2.75) is 86.2 Å². The predicted molar refractivity (Wildman–Crippen MR) is 135 cm³/mol. The molecule has 1 unspecified atom stereocenters. The van der Waals surface area contributed by atoms with Gasteiger partial charge in [0.25, 0.3) is 0 Å². The summed E-state index contributed by atoms with van der Waals surface area (Å²) in [5.74, 6) is -1.06. The van der Waals surface area contributed by atoms with E-state index in [-0.39, 0.29) is 17.6 Å². The maximum Gasteiger partial charge on any atom is 0.327 e. The predicted octanol–water partition coefficient (Wildman–Crippen LogP) is 4.87. The van der Waals surface area contributed by atoms with Gasteiger partial charge in [0.1, 0.15) is 12.1 Å². The molecule has 32 heavy (non-hydrogen) atoms. The molecule has 0 aliphatic rings. The van der Waals surface area contributed by atoms with Gasteiger partial charge in [-0.3, -0.25) is 9.59 Å². The van der Waals surface area contributed by atoms with Gasteiger partial charge in [-0.25, -0.2) is 4.79 Å². The van der Waals surface area contributed by atoms with Crippen molar-refractivity contribution in [1.82, 2.24) is 10.6 Å². The fourth-order valence-corrected chi connectivity index (χ4v) is 3.92. The molecule has 0 aromatic heterocycles. The van der Waals surface area contributed by atoms with Crippen molar-refractivity contribution < 1.29 is 19.5 Å². The average molecular weight is 467 g/mol. The summed E-state index contributed by atoms with van der Waals surface area (Å²) in [7, 11) is 0. The zero-order valence-corrected chi connectivity index (χ0v) is 21.6. The smallest absolute Gasteiger partial charge is 0.327 e. The minimum atomic E-state index is -1.08. The maximum absolute atomic E-state index is 12.4. The van der Waals surface area contributed by atoms with Gasteiger partial charge >= 0.3 is 5.97 Å². The van der Waals surface area contributed by atoms with Gasteiger partial charge in [0, 0.05) is 18.4 Å². The van der Waals surface area contributed by atoms with E-state index in [0.717, 1.165) is 25.7 Å². The third-order valence-electron chi connectivity index (χ3n) is 4.88. The van der Waals surface area contributed by atoms with Crippen LogP contribution in [0.3, 0.4) is 0 Å². The van der Waals surface area contributed by atoms with E-state index in [9.17, 15) is 19.5 Å². The molecule has 0 aromatic carbocycles. The standard InChI is InChI=1S/C25H42N2O4S/c1-17(2)10-8-11-19(5)12-9-13-20(6)14-15-32-16-22(25(30)31)27-24(29)23(18(3)4)26-21(7)28/h10,12,14,18,22-23H,8-9,11,13,15-16H2,1-7H3,(H,26,28)(H,27,29)(H,30,31)/t22-,23?/m0/s1. The summed E-state index contributed by atoms with van der Waals surface area (Å²) in [5.41, 5.74) is 4.03. The molecule has 0 saturated heterocycles. The number of thioether (sulfide) groups is 1. The van der Waals surface area contributed by atoms with Crippen LogP contribution in [-0.4, -0.2) is 46.5 Å². The normalized spacial score (nSPS) is 14.0. The van der Waals surface area contributed by atoms with Gasteiger partial charge < -0.3 is 15.7 Å². The number of carbonyl (C=O) groups is 3. The number of aliphatic carboxylic acids is 1. The van der Waals surface area contributed by atoms with E-state index < -0.39 is 24.0 Å². The molecule has 0 spiro atoms. The lowest BCUT2D eigenvalue weighted by Gasteiger charge is -2.23. The van der Waals surface area contributed by atoms with Crippen LogP contribution in [0.5, 0.6) is 0 Å². The summed E-state index contributed by atoms with van der Waals surface area (Å²) >= 11 is 1.47. The van der Waals surface area contributed by atoms with Crippen molar-refractivity contribution in [1.29, 1.82) is 0 Å². The van der Waals surface area contributed by atoms with E-state index in [1.807, 2.05) is 0 Å². The number of carboxylic acids is 1. The summed E-state index contributed by atoms with van der Waals surface area (Å²) < 4.78 is 0. The third kappa shape index (κ3) is 14.9. The van der Waals surface area contributed by atoms with E-state index in [0.29, 0.717) is 5.75 Å². The molecule has 2 atom stereocenters. The zero-order chi connectivity index (χ0) is 24.7. The number of amides is 2. The first-order chi connectivity index (χ1) is 14.9. The van der Waals surface area contributed by atoms with Gasteiger partial charge in [0.05, 0.1) is 0 Å². The molecule has 2 amide bonds. The van der Waals surface area contributed by atoms with Gasteiger partial charge in [-0.05, 0) is 59.3 Å². The van der Waals surface area contributed by atoms with E-state index in [1.54, 1.807) is 13.8 Å². The SMILES string of the molecule is CC(=O)NC(C(=O)N[C@@H](CSCC=C(C)CCC=C(C)CCC=C(C)C)C(=O)O)C(C)C. The first kappa shape index (κ1) is 30.0. The van der Waals surface area contributed by atoms with Gasteiger partial charge in [0.15, 0.2) is 0 Å². The number of rotatable bonds is 15. The molecule has 0 fully saturated rings. The molecule has 0 rings (SSSR count). The molecule has 0 aliphatic heterocycles. The fraction of sp³-hybridized carbons (Fsp3) is 0.640. The second-order valence-electron chi connectivity index (χ2n) is 8.82. The van der Waals surface area contributed by atoms with E-state index >= 15 is 0 Å². The highest BCUT2D eigenvalue weighted by Gasteiger charge is 2.27. The van der Waals surface area contributed by atoms with Crippen LogP contribution >= 0.6 is 11.8 Å². The monoisotopic (exact) mass is 466 g/mol. The zero-order valence-electron chi connectivity index (χ0n) is 20.8. The summed E-state index contributed by atoms with van der Waals surface area (Å²) in [4.78, 5) is 35.3. The molecule has 0 heterocycles. The second-order valence-corrected chi connectivity index (χ2v) is 9.89. The van der Waals surface area contributed by atoms with Crippen molar-refractivity contribution in [3.63, 3.8) is 0 Å². The van der Waals surface area contributed by atoms with Crippen LogP contribution in [0, 0.1) is 5.92 Å². The lowest BCUT2D eigenvalue weighted by atomic mass is 10.0. The van der Waals surface area contributed by atoms with Crippen molar-refractivity contribution >= 4 is 29.5 Å². The molecular weight excluding hydrogens is 424 g/mol. The number of nitrogens with one attached hydrogen (secondary N) is 2. The lowest BCUT2D eigenvalue weighted by molar-refractivity contribution is -0.141. The van der Waals surface area contributed by atoms with Crippen LogP contribution in [0.1, 0.15) is 74.1 Å². The molecule has 182 valence electrons. The van der Waals surface area contributed by atoms with Crippen LogP contribution in [0.15, 0.2) is 34.9 Å². The van der Waals surface area contributed by atoms with Crippen LogP contribution < -0.4 is 10.6 Å². The Hall–Kier alpha value is -2.02. The summed E-state index contributed by atoms with van der Waals surface area (Å²) in [6.07, 6.45) is 10.8. The molecule has 6 nitrogen and oxygen atoms in total. The molecular formula is C25H42N2O4S. The molecule has 0 bridgehead atoms. The number of hydrogen-bond donors (Lipinski definition) is 3. The Morgan fingerprint density at radius 1 is 0.875 bits per heavy atom. The Labute approximate surface area is 198 Å². The molecule has 0 saturated carbocycles.